The van der Waals surface area contributed by atoms with Crippen LogP contribution in [-0.4, -0.2) is 32.2 Å². The summed E-state index contributed by atoms with van der Waals surface area (Å²) in [7, 11) is 0. The van der Waals surface area contributed by atoms with E-state index < -0.39 is 29.3 Å². The van der Waals surface area contributed by atoms with Crippen molar-refractivity contribution in [3.8, 4) is 0 Å². The molecule has 174 valence electrons. The molecule has 4 aromatic rings. The molecule has 3 aromatic heterocycles. The zero-order chi connectivity index (χ0) is 24.4. The lowest BCUT2D eigenvalue weighted by Gasteiger charge is -2.09. The third-order valence-corrected chi connectivity index (χ3v) is 5.95. The van der Waals surface area contributed by atoms with Crippen molar-refractivity contribution in [2.45, 2.75) is 20.0 Å². The number of hydrogen-bond donors (Lipinski definition) is 2. The van der Waals surface area contributed by atoms with Crippen molar-refractivity contribution in [3.63, 3.8) is 0 Å². The average molecular weight is 487 g/mol. The SMILES string of the molecule is CC(=O)c1ccc(CNC(=O)c2cc(C(=O)NCc3ccc(F)c(F)c3)nc3c(F)cnn23)s1. The number of nitrogens with one attached hydrogen (secondary N) is 2. The van der Waals surface area contributed by atoms with Crippen LogP contribution in [0.5, 0.6) is 0 Å². The van der Waals surface area contributed by atoms with Gasteiger partial charge in [-0.2, -0.15) is 5.10 Å². The molecule has 4 rings (SSSR count). The van der Waals surface area contributed by atoms with Gasteiger partial charge in [-0.1, -0.05) is 6.07 Å². The monoisotopic (exact) mass is 487 g/mol. The molecule has 2 amide bonds. The van der Waals surface area contributed by atoms with E-state index in [0.29, 0.717) is 10.4 Å². The Bertz CT molecular complexity index is 1430. The highest BCUT2D eigenvalue weighted by molar-refractivity contribution is 7.14. The third-order valence-electron chi connectivity index (χ3n) is 4.76. The molecule has 34 heavy (non-hydrogen) atoms. The Kier molecular flexibility index (Phi) is 6.41. The molecule has 0 aliphatic heterocycles. The number of nitrogens with zero attached hydrogens (tertiary/aromatic N) is 3. The number of halogens is 3. The highest BCUT2D eigenvalue weighted by atomic mass is 32.1. The predicted octanol–water partition coefficient (Wildman–Crippen LogP) is 3.27. The minimum Gasteiger partial charge on any atom is -0.347 e. The van der Waals surface area contributed by atoms with Gasteiger partial charge in [0.15, 0.2) is 28.9 Å². The highest BCUT2D eigenvalue weighted by Gasteiger charge is 2.20. The second-order valence-corrected chi connectivity index (χ2v) is 8.36. The molecule has 0 fully saturated rings. The Hall–Kier alpha value is -4.06. The summed E-state index contributed by atoms with van der Waals surface area (Å²) < 4.78 is 41.6. The normalized spacial score (nSPS) is 10.9. The lowest BCUT2D eigenvalue weighted by Crippen LogP contribution is -2.28. The summed E-state index contributed by atoms with van der Waals surface area (Å²) in [4.78, 5) is 42.1. The molecular formula is C22H16F3N5O3S. The first-order valence-corrected chi connectivity index (χ1v) is 10.7. The van der Waals surface area contributed by atoms with Crippen LogP contribution < -0.4 is 10.6 Å². The largest absolute Gasteiger partial charge is 0.347 e. The van der Waals surface area contributed by atoms with Crippen LogP contribution in [0.15, 0.2) is 42.6 Å². The van der Waals surface area contributed by atoms with Crippen LogP contribution in [0.3, 0.4) is 0 Å². The van der Waals surface area contributed by atoms with E-state index in [9.17, 15) is 27.6 Å². The number of carbonyl (C=O) groups is 3. The number of thiophene rings is 1. The number of Topliss-reactive ketones (excluding diaryl/α,β-unsaturated/α-hetero) is 1. The number of carbonyl (C=O) groups excluding carboxylic acids is 3. The van der Waals surface area contributed by atoms with E-state index in [0.717, 1.165) is 33.8 Å². The van der Waals surface area contributed by atoms with E-state index in [-0.39, 0.29) is 35.9 Å². The zero-order valence-corrected chi connectivity index (χ0v) is 18.4. The van der Waals surface area contributed by atoms with Gasteiger partial charge in [-0.3, -0.25) is 14.4 Å². The summed E-state index contributed by atoms with van der Waals surface area (Å²) in [5.41, 5.74) is -0.451. The van der Waals surface area contributed by atoms with Crippen molar-refractivity contribution in [1.82, 2.24) is 25.2 Å². The molecule has 12 heteroatoms. The Morgan fingerprint density at radius 3 is 2.41 bits per heavy atom. The first-order chi connectivity index (χ1) is 16.2. The van der Waals surface area contributed by atoms with E-state index >= 15 is 0 Å². The topological polar surface area (TPSA) is 105 Å². The van der Waals surface area contributed by atoms with Crippen LogP contribution in [-0.2, 0) is 13.1 Å². The molecule has 1 aromatic carbocycles. The number of fused-ring (bicyclic) bond motifs is 1. The number of benzene rings is 1. The number of amides is 2. The van der Waals surface area contributed by atoms with E-state index in [1.165, 1.54) is 24.3 Å². The maximum Gasteiger partial charge on any atom is 0.270 e. The van der Waals surface area contributed by atoms with Crippen molar-refractivity contribution >= 4 is 34.6 Å². The predicted molar refractivity (Wildman–Crippen MR) is 116 cm³/mol. The zero-order valence-electron chi connectivity index (χ0n) is 17.6. The van der Waals surface area contributed by atoms with Crippen molar-refractivity contribution in [3.05, 3.63) is 86.8 Å². The van der Waals surface area contributed by atoms with Gasteiger partial charge in [0, 0.05) is 17.5 Å². The van der Waals surface area contributed by atoms with Gasteiger partial charge in [0.2, 0.25) is 0 Å². The van der Waals surface area contributed by atoms with Crippen LogP contribution >= 0.6 is 11.3 Å². The van der Waals surface area contributed by atoms with Gasteiger partial charge in [-0.25, -0.2) is 22.7 Å². The van der Waals surface area contributed by atoms with Crippen molar-refractivity contribution in [2.75, 3.05) is 0 Å². The van der Waals surface area contributed by atoms with Crippen molar-refractivity contribution in [2.24, 2.45) is 0 Å². The molecule has 2 N–H and O–H groups in total. The number of aromatic nitrogens is 3. The lowest BCUT2D eigenvalue weighted by molar-refractivity contribution is 0.0941. The standard InChI is InChI=1S/C22H16F3N5O3S/c1-11(31)19-5-3-13(34-19)9-27-22(33)18-7-17(29-20-16(25)10-28-30(18)20)21(32)26-8-12-2-4-14(23)15(24)6-12/h2-7,10H,8-9H2,1H3,(H,26,32)(H,27,33). The fourth-order valence-electron chi connectivity index (χ4n) is 3.06. The first-order valence-electron chi connectivity index (χ1n) is 9.87. The number of rotatable bonds is 7. The molecule has 0 saturated carbocycles. The lowest BCUT2D eigenvalue weighted by atomic mass is 10.2. The summed E-state index contributed by atoms with van der Waals surface area (Å²) >= 11 is 1.23. The third kappa shape index (κ3) is 4.81. The van der Waals surface area contributed by atoms with E-state index in [4.69, 9.17) is 0 Å². The molecule has 0 radical (unpaired) electrons. The fraction of sp³-hybridized carbons (Fsp3) is 0.136. The molecule has 0 spiro atoms. The van der Waals surface area contributed by atoms with Crippen LogP contribution in [0, 0.1) is 17.5 Å². The molecule has 0 unspecified atom stereocenters. The summed E-state index contributed by atoms with van der Waals surface area (Å²) in [6.07, 6.45) is 0.862. The molecule has 0 atom stereocenters. The molecular weight excluding hydrogens is 471 g/mol. The smallest absolute Gasteiger partial charge is 0.270 e. The molecule has 3 heterocycles. The Labute approximate surface area is 194 Å². The van der Waals surface area contributed by atoms with Gasteiger partial charge < -0.3 is 10.6 Å². The first kappa shape index (κ1) is 23.1. The van der Waals surface area contributed by atoms with Gasteiger partial charge in [-0.15, -0.1) is 11.3 Å². The van der Waals surface area contributed by atoms with Crippen LogP contribution in [0.1, 0.15) is 48.0 Å². The molecule has 8 nitrogen and oxygen atoms in total. The van der Waals surface area contributed by atoms with Crippen LogP contribution in [0.2, 0.25) is 0 Å². The van der Waals surface area contributed by atoms with Gasteiger partial charge in [0.1, 0.15) is 11.4 Å². The maximum atomic E-state index is 14.2. The summed E-state index contributed by atoms with van der Waals surface area (Å²) in [6, 6.07) is 7.66. The second-order valence-electron chi connectivity index (χ2n) is 7.19. The van der Waals surface area contributed by atoms with E-state index in [2.05, 4.69) is 20.7 Å². The van der Waals surface area contributed by atoms with Crippen molar-refractivity contribution in [1.29, 1.82) is 0 Å². The summed E-state index contributed by atoms with van der Waals surface area (Å²) in [5.74, 6) is -4.42. The van der Waals surface area contributed by atoms with Crippen LogP contribution in [0.25, 0.3) is 5.65 Å². The van der Waals surface area contributed by atoms with Gasteiger partial charge in [-0.05, 0) is 36.8 Å². The van der Waals surface area contributed by atoms with Gasteiger partial charge in [0.25, 0.3) is 11.8 Å². The summed E-state index contributed by atoms with van der Waals surface area (Å²) in [5, 5.41) is 8.92. The highest BCUT2D eigenvalue weighted by Crippen LogP contribution is 2.17. The van der Waals surface area contributed by atoms with E-state index in [1.54, 1.807) is 12.1 Å². The van der Waals surface area contributed by atoms with Gasteiger partial charge in [0.05, 0.1) is 17.6 Å². The Morgan fingerprint density at radius 2 is 1.71 bits per heavy atom. The molecule has 0 aliphatic carbocycles. The Balaban J connectivity index is 1.54. The molecule has 0 aliphatic rings. The fourth-order valence-corrected chi connectivity index (χ4v) is 3.90. The quantitative estimate of drug-likeness (QED) is 0.390. The van der Waals surface area contributed by atoms with Gasteiger partial charge >= 0.3 is 0 Å². The second kappa shape index (κ2) is 9.43. The summed E-state index contributed by atoms with van der Waals surface area (Å²) in [6.45, 7) is 1.39. The maximum absolute atomic E-state index is 14.2. The number of ketones is 1. The Morgan fingerprint density at radius 1 is 0.941 bits per heavy atom. The molecule has 0 saturated heterocycles. The van der Waals surface area contributed by atoms with E-state index in [1.807, 2.05) is 0 Å². The van der Waals surface area contributed by atoms with Crippen LogP contribution in [0.4, 0.5) is 13.2 Å². The average Bonchev–Trinajstić information content (AvgIpc) is 3.44. The minimum absolute atomic E-state index is 0.0931. The minimum atomic E-state index is -1.06. The molecule has 0 bridgehead atoms. The number of hydrogen-bond acceptors (Lipinski definition) is 6. The van der Waals surface area contributed by atoms with Crippen molar-refractivity contribution < 1.29 is 27.6 Å².